The molecule has 1 amide bonds. The minimum absolute atomic E-state index is 0. The van der Waals surface area contributed by atoms with Gasteiger partial charge in [0.2, 0.25) is 5.91 Å². The van der Waals surface area contributed by atoms with Crippen molar-refractivity contribution in [1.82, 2.24) is 6.15 Å². The Bertz CT molecular complexity index is 477. The van der Waals surface area contributed by atoms with E-state index >= 15 is 0 Å². The summed E-state index contributed by atoms with van der Waals surface area (Å²) >= 11 is 0. The maximum absolute atomic E-state index is 10.6. The van der Waals surface area contributed by atoms with Gasteiger partial charge in [0.25, 0.3) is 0 Å². The minimum atomic E-state index is -0.933. The molecule has 23 heavy (non-hydrogen) atoms. The molecule has 130 valence electrons. The molecule has 0 saturated carbocycles. The second-order valence-electron chi connectivity index (χ2n) is 4.65. The highest BCUT2D eigenvalue weighted by Gasteiger charge is 2.09. The monoisotopic (exact) mass is 326 g/mol. The molecule has 9 N–H and O–H groups in total. The first-order valence-electron chi connectivity index (χ1n) is 6.92. The van der Waals surface area contributed by atoms with Crippen molar-refractivity contribution in [2.24, 2.45) is 11.5 Å². The molecular formula is C15H26N4O4. The summed E-state index contributed by atoms with van der Waals surface area (Å²) in [5, 5.41) is 10.9. The third-order valence-electron chi connectivity index (χ3n) is 2.65. The summed E-state index contributed by atoms with van der Waals surface area (Å²) in [4.78, 5) is 31.0. The topological polar surface area (TPSA) is 171 Å². The van der Waals surface area contributed by atoms with Gasteiger partial charge in [-0.2, -0.15) is 0 Å². The maximum atomic E-state index is 10.6. The molecule has 8 heteroatoms. The lowest BCUT2D eigenvalue weighted by Crippen LogP contribution is -2.29. The van der Waals surface area contributed by atoms with Crippen molar-refractivity contribution in [3.8, 4) is 0 Å². The molecule has 0 aliphatic heterocycles. The average molecular weight is 326 g/mol. The van der Waals surface area contributed by atoms with E-state index in [0.717, 1.165) is 19.1 Å². The van der Waals surface area contributed by atoms with Crippen LogP contribution in [-0.4, -0.2) is 35.9 Å². The Labute approximate surface area is 135 Å². The summed E-state index contributed by atoms with van der Waals surface area (Å²) in [6.45, 7) is 2.04. The van der Waals surface area contributed by atoms with Crippen molar-refractivity contribution >= 4 is 23.9 Å². The van der Waals surface area contributed by atoms with Crippen molar-refractivity contribution in [2.75, 3.05) is 11.9 Å². The van der Waals surface area contributed by atoms with Gasteiger partial charge >= 0.3 is 5.97 Å². The molecule has 0 saturated heterocycles. The third kappa shape index (κ3) is 12.0. The minimum Gasteiger partial charge on any atom is -0.480 e. The summed E-state index contributed by atoms with van der Waals surface area (Å²) in [6, 6.07) is 5.96. The zero-order chi connectivity index (χ0) is 17.0. The molecule has 0 spiro atoms. The fraction of sp³-hybridized carbons (Fsp3) is 0.400. The first-order valence-corrected chi connectivity index (χ1v) is 6.92. The zero-order valence-electron chi connectivity index (χ0n) is 13.3. The van der Waals surface area contributed by atoms with Crippen LogP contribution < -0.4 is 22.9 Å². The molecule has 0 radical (unpaired) electrons. The molecule has 0 aliphatic carbocycles. The Kier molecular flexibility index (Phi) is 13.4. The molecule has 0 fully saturated rings. The maximum Gasteiger partial charge on any atom is 0.320 e. The van der Waals surface area contributed by atoms with Crippen LogP contribution in [0, 0.1) is 0 Å². The smallest absolute Gasteiger partial charge is 0.320 e. The molecule has 1 rings (SSSR count). The number of carbonyl (C=O) groups excluding carboxylic acids is 2. The predicted molar refractivity (Wildman–Crippen MR) is 89.7 cm³/mol. The van der Waals surface area contributed by atoms with Crippen LogP contribution in [0.5, 0.6) is 0 Å². The van der Waals surface area contributed by atoms with Gasteiger partial charge in [-0.25, -0.2) is 0 Å². The van der Waals surface area contributed by atoms with Crippen LogP contribution in [0.1, 0.15) is 36.5 Å². The van der Waals surface area contributed by atoms with E-state index in [9.17, 15) is 14.4 Å². The first kappa shape index (κ1) is 23.0. The van der Waals surface area contributed by atoms with Crippen LogP contribution in [0.3, 0.4) is 0 Å². The molecule has 1 aromatic carbocycles. The van der Waals surface area contributed by atoms with Gasteiger partial charge in [-0.3, -0.25) is 14.4 Å². The number of rotatable bonds is 7. The van der Waals surface area contributed by atoms with Gasteiger partial charge in [0.1, 0.15) is 12.3 Å². The quantitative estimate of drug-likeness (QED) is 0.369. The van der Waals surface area contributed by atoms with Crippen molar-refractivity contribution in [1.29, 1.82) is 0 Å². The number of unbranched alkanes of at least 4 members (excludes halogenated alkanes) is 1. The van der Waals surface area contributed by atoms with Gasteiger partial charge in [-0.15, -0.1) is 0 Å². The van der Waals surface area contributed by atoms with Crippen LogP contribution in [0.4, 0.5) is 5.69 Å². The summed E-state index contributed by atoms with van der Waals surface area (Å²) < 4.78 is 0. The Morgan fingerprint density at radius 1 is 1.26 bits per heavy atom. The van der Waals surface area contributed by atoms with Gasteiger partial charge in [0.05, 0.1) is 0 Å². The van der Waals surface area contributed by atoms with Gasteiger partial charge in [-0.1, -0.05) is 6.42 Å². The number of hydrogen-bond acceptors (Lipinski definition) is 6. The molecule has 8 nitrogen and oxygen atoms in total. The number of carbonyl (C=O) groups is 3. The highest BCUT2D eigenvalue weighted by atomic mass is 16.4. The molecule has 0 aromatic heterocycles. The second-order valence-corrected chi connectivity index (χ2v) is 4.65. The van der Waals surface area contributed by atoms with E-state index < -0.39 is 12.0 Å². The summed E-state index contributed by atoms with van der Waals surface area (Å²) in [7, 11) is 0. The number of carboxylic acids is 1. The fourth-order valence-corrected chi connectivity index (χ4v) is 1.48. The van der Waals surface area contributed by atoms with E-state index in [0.29, 0.717) is 24.2 Å². The summed E-state index contributed by atoms with van der Waals surface area (Å²) in [5.41, 5.74) is 11.7. The Hall–Kier alpha value is -2.29. The van der Waals surface area contributed by atoms with Crippen LogP contribution in [0.2, 0.25) is 0 Å². The highest BCUT2D eigenvalue weighted by molar-refractivity contribution is 5.89. The number of nitrogens with two attached hydrogens (primary N) is 2. The highest BCUT2D eigenvalue weighted by Crippen LogP contribution is 2.07. The Morgan fingerprint density at radius 2 is 1.83 bits per heavy atom. The predicted octanol–water partition coefficient (Wildman–Crippen LogP) is 1.15. The van der Waals surface area contributed by atoms with E-state index in [4.69, 9.17) is 16.6 Å². The Morgan fingerprint density at radius 3 is 2.22 bits per heavy atom. The van der Waals surface area contributed by atoms with E-state index in [1.165, 1.54) is 6.92 Å². The van der Waals surface area contributed by atoms with Crippen LogP contribution in [0.15, 0.2) is 24.3 Å². The van der Waals surface area contributed by atoms with Crippen LogP contribution >= 0.6 is 0 Å². The molecule has 1 atom stereocenters. The van der Waals surface area contributed by atoms with Gasteiger partial charge < -0.3 is 28.0 Å². The van der Waals surface area contributed by atoms with Gasteiger partial charge in [-0.05, 0) is 43.7 Å². The number of amides is 1. The lowest BCUT2D eigenvalue weighted by molar-refractivity contribution is -0.138. The van der Waals surface area contributed by atoms with E-state index in [-0.39, 0.29) is 12.1 Å². The molecule has 0 unspecified atom stereocenters. The van der Waals surface area contributed by atoms with Crippen LogP contribution in [0.25, 0.3) is 0 Å². The van der Waals surface area contributed by atoms with E-state index in [1.54, 1.807) is 24.3 Å². The third-order valence-corrected chi connectivity index (χ3v) is 2.65. The molecule has 0 aliphatic rings. The number of aldehydes is 1. The number of anilines is 1. The normalized spacial score (nSPS) is 10.4. The number of aliphatic carboxylic acids is 1. The Balaban J connectivity index is 0. The van der Waals surface area contributed by atoms with Crippen LogP contribution in [-0.2, 0) is 9.59 Å². The van der Waals surface area contributed by atoms with Gasteiger partial charge in [0, 0.05) is 18.2 Å². The molecule has 1 aromatic rings. The first-order chi connectivity index (χ1) is 10.4. The molecular weight excluding hydrogens is 300 g/mol. The summed E-state index contributed by atoms with van der Waals surface area (Å²) in [5.74, 6) is -1.05. The van der Waals surface area contributed by atoms with Gasteiger partial charge in [0.15, 0.2) is 0 Å². The number of carboxylic acid groups (broad SMARTS) is 1. The SMILES string of the molecule is CC(=O)Nc1ccc(C=O)cc1.N.NCCCC[C@@H](N)C(=O)O. The van der Waals surface area contributed by atoms with Crippen molar-refractivity contribution in [3.63, 3.8) is 0 Å². The fourth-order valence-electron chi connectivity index (χ4n) is 1.48. The number of benzene rings is 1. The number of hydrogen-bond donors (Lipinski definition) is 5. The molecule has 0 heterocycles. The zero-order valence-corrected chi connectivity index (χ0v) is 13.3. The summed E-state index contributed by atoms with van der Waals surface area (Å²) in [6.07, 6.45) is 2.93. The average Bonchev–Trinajstić information content (AvgIpc) is 2.48. The van der Waals surface area contributed by atoms with Crippen molar-refractivity contribution in [3.05, 3.63) is 29.8 Å². The van der Waals surface area contributed by atoms with E-state index in [2.05, 4.69) is 5.32 Å². The molecule has 0 bridgehead atoms. The van der Waals surface area contributed by atoms with E-state index in [1.807, 2.05) is 0 Å². The second kappa shape index (κ2) is 13.4. The number of nitrogens with one attached hydrogen (secondary N) is 1. The largest absolute Gasteiger partial charge is 0.480 e. The standard InChI is InChI=1S/C9H9NO2.C6H14N2O2.H3N/c1-7(12)10-9-4-2-8(6-11)3-5-9;7-4-2-1-3-5(8)6(9)10;/h2-6H,1H3,(H,10,12);5H,1-4,7-8H2,(H,9,10);1H3/t;5-;/m.1./s1. The van der Waals surface area contributed by atoms with Crippen molar-refractivity contribution < 1.29 is 19.5 Å². The lowest BCUT2D eigenvalue weighted by Gasteiger charge is -2.03. The lowest BCUT2D eigenvalue weighted by atomic mass is 10.1. The van der Waals surface area contributed by atoms with Crippen molar-refractivity contribution in [2.45, 2.75) is 32.2 Å².